The van der Waals surface area contributed by atoms with Crippen LogP contribution in [0.5, 0.6) is 0 Å². The van der Waals surface area contributed by atoms with Crippen LogP contribution in [-0.4, -0.2) is 25.3 Å². The molecule has 2 nitrogen and oxygen atoms in total. The summed E-state index contributed by atoms with van der Waals surface area (Å²) in [7, 11) is 0. The molecule has 0 radical (unpaired) electrons. The van der Waals surface area contributed by atoms with Gasteiger partial charge in [0.1, 0.15) is 0 Å². The number of hydrogen-bond donors (Lipinski definition) is 1. The molecule has 1 atom stereocenters. The van der Waals surface area contributed by atoms with Gasteiger partial charge in [0.05, 0.1) is 5.60 Å². The highest BCUT2D eigenvalue weighted by Gasteiger charge is 2.41. The molecule has 1 N–H and O–H groups in total. The summed E-state index contributed by atoms with van der Waals surface area (Å²) in [6, 6.07) is 0. The van der Waals surface area contributed by atoms with Gasteiger partial charge in [0.2, 0.25) is 0 Å². The van der Waals surface area contributed by atoms with Crippen LogP contribution in [0.4, 0.5) is 0 Å². The molecule has 2 saturated heterocycles. The highest BCUT2D eigenvalue weighted by Crippen LogP contribution is 2.42. The molecule has 3 heteroatoms. The molecule has 84 valence electrons. The van der Waals surface area contributed by atoms with E-state index in [1.165, 1.54) is 38.8 Å². The zero-order chi connectivity index (χ0) is 9.36. The first-order valence-electron chi connectivity index (χ1n) is 5.47. The Morgan fingerprint density at radius 2 is 2.00 bits per heavy atom. The molecule has 0 amide bonds. The number of halogens is 1. The SMILES string of the molecule is CC1(C)CC2(CCCNC2)CCO1.Cl. The third-order valence-electron chi connectivity index (χ3n) is 3.49. The first kappa shape index (κ1) is 12.3. The lowest BCUT2D eigenvalue weighted by atomic mass is 9.70. The maximum Gasteiger partial charge on any atom is 0.0632 e. The van der Waals surface area contributed by atoms with Crippen LogP contribution in [0, 0.1) is 5.41 Å². The minimum Gasteiger partial charge on any atom is -0.376 e. The maximum atomic E-state index is 5.77. The van der Waals surface area contributed by atoms with Crippen LogP contribution >= 0.6 is 12.4 Å². The van der Waals surface area contributed by atoms with E-state index >= 15 is 0 Å². The van der Waals surface area contributed by atoms with Crippen molar-refractivity contribution in [3.63, 3.8) is 0 Å². The highest BCUT2D eigenvalue weighted by molar-refractivity contribution is 5.85. The van der Waals surface area contributed by atoms with Crippen molar-refractivity contribution in [2.75, 3.05) is 19.7 Å². The van der Waals surface area contributed by atoms with Crippen molar-refractivity contribution >= 4 is 12.4 Å². The molecule has 2 aliphatic heterocycles. The first-order valence-corrected chi connectivity index (χ1v) is 5.47. The van der Waals surface area contributed by atoms with Crippen molar-refractivity contribution in [1.82, 2.24) is 5.32 Å². The third-order valence-corrected chi connectivity index (χ3v) is 3.49. The molecule has 0 aromatic rings. The van der Waals surface area contributed by atoms with Gasteiger partial charge in [0.15, 0.2) is 0 Å². The Labute approximate surface area is 93.2 Å². The molecule has 2 fully saturated rings. The van der Waals surface area contributed by atoms with Gasteiger partial charge < -0.3 is 10.1 Å². The van der Waals surface area contributed by atoms with Gasteiger partial charge in [-0.15, -0.1) is 12.4 Å². The summed E-state index contributed by atoms with van der Waals surface area (Å²) in [4.78, 5) is 0. The quantitative estimate of drug-likeness (QED) is 0.676. The smallest absolute Gasteiger partial charge is 0.0632 e. The van der Waals surface area contributed by atoms with Crippen molar-refractivity contribution in [3.05, 3.63) is 0 Å². The molecular formula is C11H22ClNO. The fourth-order valence-corrected chi connectivity index (χ4v) is 2.98. The van der Waals surface area contributed by atoms with Gasteiger partial charge in [-0.05, 0) is 51.5 Å². The van der Waals surface area contributed by atoms with Crippen molar-refractivity contribution in [2.24, 2.45) is 5.41 Å². The van der Waals surface area contributed by atoms with Crippen LogP contribution in [-0.2, 0) is 4.74 Å². The van der Waals surface area contributed by atoms with Crippen LogP contribution in [0.15, 0.2) is 0 Å². The van der Waals surface area contributed by atoms with Gasteiger partial charge in [-0.25, -0.2) is 0 Å². The van der Waals surface area contributed by atoms with Crippen LogP contribution in [0.2, 0.25) is 0 Å². The molecule has 0 aromatic carbocycles. The number of piperidine rings is 1. The maximum absolute atomic E-state index is 5.77. The molecule has 2 heterocycles. The Balaban J connectivity index is 0.000000980. The largest absolute Gasteiger partial charge is 0.376 e. The van der Waals surface area contributed by atoms with E-state index in [0.29, 0.717) is 5.41 Å². The average molecular weight is 220 g/mol. The summed E-state index contributed by atoms with van der Waals surface area (Å²) in [5.74, 6) is 0. The zero-order valence-corrected chi connectivity index (χ0v) is 10.1. The summed E-state index contributed by atoms with van der Waals surface area (Å²) in [5.41, 5.74) is 0.664. The molecule has 2 aliphatic rings. The van der Waals surface area contributed by atoms with Gasteiger partial charge in [-0.2, -0.15) is 0 Å². The molecular weight excluding hydrogens is 198 g/mol. The van der Waals surface area contributed by atoms with Crippen LogP contribution < -0.4 is 5.32 Å². The molecule has 1 unspecified atom stereocenters. The van der Waals surface area contributed by atoms with Crippen LogP contribution in [0.3, 0.4) is 0 Å². The predicted molar refractivity (Wildman–Crippen MR) is 61.0 cm³/mol. The number of ether oxygens (including phenoxy) is 1. The van der Waals surface area contributed by atoms with Gasteiger partial charge >= 0.3 is 0 Å². The summed E-state index contributed by atoms with van der Waals surface area (Å²) >= 11 is 0. The second-order valence-corrected chi connectivity index (χ2v) is 5.32. The zero-order valence-electron chi connectivity index (χ0n) is 9.27. The van der Waals surface area contributed by atoms with Gasteiger partial charge in [-0.3, -0.25) is 0 Å². The molecule has 0 aliphatic carbocycles. The Morgan fingerprint density at radius 3 is 2.57 bits per heavy atom. The van der Waals surface area contributed by atoms with Gasteiger partial charge in [0.25, 0.3) is 0 Å². The van der Waals surface area contributed by atoms with Crippen molar-refractivity contribution < 1.29 is 4.74 Å². The average Bonchev–Trinajstić information content (AvgIpc) is 2.03. The van der Waals surface area contributed by atoms with E-state index in [9.17, 15) is 0 Å². The molecule has 2 rings (SSSR count). The second kappa shape index (κ2) is 4.38. The van der Waals surface area contributed by atoms with Gasteiger partial charge in [0, 0.05) is 13.2 Å². The van der Waals surface area contributed by atoms with E-state index in [0.717, 1.165) is 6.61 Å². The second-order valence-electron chi connectivity index (χ2n) is 5.32. The molecule has 0 bridgehead atoms. The first-order chi connectivity index (χ1) is 6.12. The topological polar surface area (TPSA) is 21.3 Å². The summed E-state index contributed by atoms with van der Waals surface area (Å²) < 4.78 is 5.77. The van der Waals surface area contributed by atoms with E-state index in [-0.39, 0.29) is 18.0 Å². The number of nitrogens with one attached hydrogen (secondary N) is 1. The number of hydrogen-bond acceptors (Lipinski definition) is 2. The van der Waals surface area contributed by atoms with Crippen molar-refractivity contribution in [1.29, 1.82) is 0 Å². The summed E-state index contributed by atoms with van der Waals surface area (Å²) in [5, 5.41) is 3.53. The number of rotatable bonds is 0. The van der Waals surface area contributed by atoms with Crippen molar-refractivity contribution in [3.8, 4) is 0 Å². The van der Waals surface area contributed by atoms with E-state index in [2.05, 4.69) is 19.2 Å². The Morgan fingerprint density at radius 1 is 1.21 bits per heavy atom. The summed E-state index contributed by atoms with van der Waals surface area (Å²) in [6.45, 7) is 7.82. The Hall–Kier alpha value is 0.210. The Kier molecular flexibility index (Phi) is 3.84. The Bertz CT molecular complexity index is 182. The molecule has 14 heavy (non-hydrogen) atoms. The highest BCUT2D eigenvalue weighted by atomic mass is 35.5. The third kappa shape index (κ3) is 2.62. The molecule has 1 spiro atoms. The van der Waals surface area contributed by atoms with E-state index in [1.54, 1.807) is 0 Å². The lowest BCUT2D eigenvalue weighted by Gasteiger charge is -2.47. The lowest BCUT2D eigenvalue weighted by Crippen LogP contribution is -2.49. The fourth-order valence-electron chi connectivity index (χ4n) is 2.98. The minimum absolute atomic E-state index is 0. The summed E-state index contributed by atoms with van der Waals surface area (Å²) in [6.07, 6.45) is 5.22. The molecule has 0 saturated carbocycles. The van der Waals surface area contributed by atoms with Gasteiger partial charge in [-0.1, -0.05) is 0 Å². The minimum atomic E-state index is 0. The van der Waals surface area contributed by atoms with E-state index in [1.807, 2.05) is 0 Å². The van der Waals surface area contributed by atoms with E-state index in [4.69, 9.17) is 4.74 Å². The van der Waals surface area contributed by atoms with E-state index < -0.39 is 0 Å². The van der Waals surface area contributed by atoms with Crippen molar-refractivity contribution in [2.45, 2.75) is 45.1 Å². The van der Waals surface area contributed by atoms with Crippen LogP contribution in [0.25, 0.3) is 0 Å². The molecule has 0 aromatic heterocycles. The van der Waals surface area contributed by atoms with Crippen LogP contribution in [0.1, 0.15) is 39.5 Å². The lowest BCUT2D eigenvalue weighted by molar-refractivity contribution is -0.110. The predicted octanol–water partition coefficient (Wildman–Crippen LogP) is 2.37. The standard InChI is InChI=1S/C11H21NO.ClH/c1-10(2)8-11(5-7-13-10)4-3-6-12-9-11;/h12H,3-9H2,1-2H3;1H. The monoisotopic (exact) mass is 219 g/mol. The normalized spacial score (nSPS) is 36.4. The fraction of sp³-hybridized carbons (Fsp3) is 1.00.